The van der Waals surface area contributed by atoms with Crippen LogP contribution in [0.25, 0.3) is 0 Å². The van der Waals surface area contributed by atoms with Gasteiger partial charge in [-0.15, -0.1) is 0 Å². The molecule has 1 atom stereocenters. The third-order valence-electron chi connectivity index (χ3n) is 2.85. The zero-order valence-corrected chi connectivity index (χ0v) is 10.9. The van der Waals surface area contributed by atoms with Crippen LogP contribution in [-0.2, 0) is 0 Å². The summed E-state index contributed by atoms with van der Waals surface area (Å²) in [4.78, 5) is 3.63. The Morgan fingerprint density at radius 1 is 1.11 bits per heavy atom. The fraction of sp³-hybridized carbons (Fsp3) is 0.267. The fourth-order valence-corrected chi connectivity index (χ4v) is 2.05. The van der Waals surface area contributed by atoms with Crippen LogP contribution >= 0.6 is 0 Å². The van der Waals surface area contributed by atoms with E-state index in [1.807, 2.05) is 0 Å². The summed E-state index contributed by atoms with van der Waals surface area (Å²) in [6.07, 6.45) is 1.51. The Balaban J connectivity index is 2.16. The van der Waals surface area contributed by atoms with Gasteiger partial charge in [-0.2, -0.15) is 4.39 Å². The summed E-state index contributed by atoms with van der Waals surface area (Å²) in [5.74, 6) is -0.459. The minimum absolute atomic E-state index is 0.163. The molecule has 0 bridgehead atoms. The van der Waals surface area contributed by atoms with Gasteiger partial charge in [-0.25, -0.2) is 4.98 Å². The molecule has 1 heterocycles. The van der Waals surface area contributed by atoms with Gasteiger partial charge < -0.3 is 5.32 Å². The highest BCUT2D eigenvalue weighted by atomic mass is 19.1. The van der Waals surface area contributed by atoms with Gasteiger partial charge in [0, 0.05) is 6.04 Å². The summed E-state index contributed by atoms with van der Waals surface area (Å²) >= 11 is 0. The van der Waals surface area contributed by atoms with Crippen LogP contribution in [0.3, 0.4) is 0 Å². The lowest BCUT2D eigenvalue weighted by atomic mass is 10.0. The minimum atomic E-state index is -0.459. The predicted octanol–water partition coefficient (Wildman–Crippen LogP) is 4.01. The maximum atomic E-state index is 12.7. The first-order valence-corrected chi connectivity index (χ1v) is 6.01. The van der Waals surface area contributed by atoms with Crippen LogP contribution in [0, 0.1) is 19.8 Å². The number of aromatic nitrogens is 1. The Kier molecular flexibility index (Phi) is 3.60. The zero-order valence-electron chi connectivity index (χ0n) is 10.9. The van der Waals surface area contributed by atoms with Gasteiger partial charge in [-0.05, 0) is 38.5 Å². The predicted molar refractivity (Wildman–Crippen MR) is 72.1 cm³/mol. The molecule has 0 saturated heterocycles. The maximum Gasteiger partial charge on any atom is 0.212 e. The molecule has 2 aromatic rings. The fourth-order valence-electron chi connectivity index (χ4n) is 2.05. The molecule has 0 aliphatic carbocycles. The molecular formula is C15H17FN2. The number of pyridine rings is 1. The van der Waals surface area contributed by atoms with Crippen molar-refractivity contribution in [3.63, 3.8) is 0 Å². The lowest BCUT2D eigenvalue weighted by Gasteiger charge is -2.16. The third-order valence-corrected chi connectivity index (χ3v) is 2.85. The summed E-state index contributed by atoms with van der Waals surface area (Å²) in [7, 11) is 0. The Hall–Kier alpha value is -1.90. The SMILES string of the molecule is Cc1cc(C)cc(C(C)Nc2ccc(F)nc2)c1. The van der Waals surface area contributed by atoms with E-state index in [1.54, 1.807) is 6.07 Å². The highest BCUT2D eigenvalue weighted by Gasteiger charge is 2.06. The normalized spacial score (nSPS) is 12.2. The summed E-state index contributed by atoms with van der Waals surface area (Å²) in [6.45, 7) is 6.25. The highest BCUT2D eigenvalue weighted by Crippen LogP contribution is 2.21. The number of anilines is 1. The average Bonchev–Trinajstić information content (AvgIpc) is 2.31. The molecular weight excluding hydrogens is 227 g/mol. The van der Waals surface area contributed by atoms with Crippen LogP contribution in [0.4, 0.5) is 10.1 Å². The second-order valence-corrected chi connectivity index (χ2v) is 4.66. The van der Waals surface area contributed by atoms with E-state index in [1.165, 1.54) is 29.0 Å². The second kappa shape index (κ2) is 5.17. The van der Waals surface area contributed by atoms with E-state index in [9.17, 15) is 4.39 Å². The molecule has 94 valence electrons. The van der Waals surface area contributed by atoms with E-state index in [0.717, 1.165) is 5.69 Å². The standard InChI is InChI=1S/C15H17FN2/c1-10-6-11(2)8-13(7-10)12(3)18-14-4-5-15(16)17-9-14/h4-9,12,18H,1-3H3. The topological polar surface area (TPSA) is 24.9 Å². The van der Waals surface area contributed by atoms with Crippen LogP contribution in [0.15, 0.2) is 36.5 Å². The first-order valence-electron chi connectivity index (χ1n) is 6.01. The number of aryl methyl sites for hydroxylation is 2. The number of benzene rings is 1. The second-order valence-electron chi connectivity index (χ2n) is 4.66. The average molecular weight is 244 g/mol. The van der Waals surface area contributed by atoms with Crippen molar-refractivity contribution in [2.24, 2.45) is 0 Å². The van der Waals surface area contributed by atoms with Gasteiger partial charge in [-0.1, -0.05) is 29.3 Å². The van der Waals surface area contributed by atoms with Crippen LogP contribution < -0.4 is 5.32 Å². The van der Waals surface area contributed by atoms with Crippen molar-refractivity contribution in [1.82, 2.24) is 4.98 Å². The number of nitrogens with one attached hydrogen (secondary N) is 1. The van der Waals surface area contributed by atoms with E-state index in [4.69, 9.17) is 0 Å². The Morgan fingerprint density at radius 3 is 2.33 bits per heavy atom. The van der Waals surface area contributed by atoms with Gasteiger partial charge in [0.25, 0.3) is 0 Å². The monoisotopic (exact) mass is 244 g/mol. The van der Waals surface area contributed by atoms with Crippen molar-refractivity contribution >= 4 is 5.69 Å². The summed E-state index contributed by atoms with van der Waals surface area (Å²) in [6, 6.07) is 9.67. The first-order chi connectivity index (χ1) is 8.54. The van der Waals surface area contributed by atoms with E-state index in [-0.39, 0.29) is 6.04 Å². The molecule has 1 N–H and O–H groups in total. The molecule has 0 aliphatic rings. The molecule has 0 radical (unpaired) electrons. The van der Waals surface area contributed by atoms with Gasteiger partial charge >= 0.3 is 0 Å². The molecule has 2 nitrogen and oxygen atoms in total. The van der Waals surface area contributed by atoms with Gasteiger partial charge in [0.1, 0.15) is 0 Å². The van der Waals surface area contributed by atoms with E-state index in [2.05, 4.69) is 49.3 Å². The zero-order chi connectivity index (χ0) is 13.1. The summed E-state index contributed by atoms with van der Waals surface area (Å²) in [5.41, 5.74) is 4.53. The smallest absolute Gasteiger partial charge is 0.212 e. The van der Waals surface area contributed by atoms with E-state index < -0.39 is 5.95 Å². The largest absolute Gasteiger partial charge is 0.377 e. The van der Waals surface area contributed by atoms with Crippen molar-refractivity contribution in [2.75, 3.05) is 5.32 Å². The Labute approximate surface area is 107 Å². The lowest BCUT2D eigenvalue weighted by Crippen LogP contribution is -2.07. The van der Waals surface area contributed by atoms with Crippen LogP contribution in [0.5, 0.6) is 0 Å². The quantitative estimate of drug-likeness (QED) is 0.825. The maximum absolute atomic E-state index is 12.7. The Bertz CT molecular complexity index is 514. The molecule has 0 fully saturated rings. The van der Waals surface area contributed by atoms with E-state index in [0.29, 0.717) is 0 Å². The molecule has 18 heavy (non-hydrogen) atoms. The number of nitrogens with zero attached hydrogens (tertiary/aromatic N) is 1. The lowest BCUT2D eigenvalue weighted by molar-refractivity contribution is 0.584. The molecule has 0 spiro atoms. The molecule has 0 saturated carbocycles. The summed E-state index contributed by atoms with van der Waals surface area (Å²) in [5, 5.41) is 3.31. The van der Waals surface area contributed by atoms with Crippen molar-refractivity contribution in [1.29, 1.82) is 0 Å². The number of hydrogen-bond donors (Lipinski definition) is 1. The van der Waals surface area contributed by atoms with Crippen LogP contribution in [0.1, 0.15) is 29.7 Å². The van der Waals surface area contributed by atoms with Gasteiger partial charge in [0.15, 0.2) is 0 Å². The molecule has 0 aliphatic heterocycles. The van der Waals surface area contributed by atoms with Crippen LogP contribution in [-0.4, -0.2) is 4.98 Å². The Morgan fingerprint density at radius 2 is 1.78 bits per heavy atom. The third kappa shape index (κ3) is 3.06. The summed E-state index contributed by atoms with van der Waals surface area (Å²) < 4.78 is 12.7. The van der Waals surface area contributed by atoms with Crippen molar-refractivity contribution in [3.8, 4) is 0 Å². The number of rotatable bonds is 3. The number of halogens is 1. The minimum Gasteiger partial charge on any atom is -0.377 e. The first kappa shape index (κ1) is 12.6. The van der Waals surface area contributed by atoms with E-state index >= 15 is 0 Å². The van der Waals surface area contributed by atoms with Gasteiger partial charge in [0.05, 0.1) is 11.9 Å². The molecule has 3 heteroatoms. The van der Waals surface area contributed by atoms with Crippen molar-refractivity contribution in [2.45, 2.75) is 26.8 Å². The van der Waals surface area contributed by atoms with Crippen molar-refractivity contribution in [3.05, 3.63) is 59.2 Å². The van der Waals surface area contributed by atoms with Crippen molar-refractivity contribution < 1.29 is 4.39 Å². The van der Waals surface area contributed by atoms with Gasteiger partial charge in [0.2, 0.25) is 5.95 Å². The molecule has 1 aromatic heterocycles. The van der Waals surface area contributed by atoms with Crippen LogP contribution in [0.2, 0.25) is 0 Å². The molecule has 1 aromatic carbocycles. The van der Waals surface area contributed by atoms with Gasteiger partial charge in [-0.3, -0.25) is 0 Å². The molecule has 1 unspecified atom stereocenters. The highest BCUT2D eigenvalue weighted by molar-refractivity contribution is 5.43. The molecule has 2 rings (SSSR count). The molecule has 0 amide bonds. The number of hydrogen-bond acceptors (Lipinski definition) is 2.